The van der Waals surface area contributed by atoms with E-state index in [0.717, 1.165) is 19.3 Å². The zero-order chi connectivity index (χ0) is 31.4. The van der Waals surface area contributed by atoms with Crippen LogP contribution in [0.1, 0.15) is 41.5 Å². The number of hydrogen-bond acceptors (Lipinski definition) is 2. The second-order valence-corrected chi connectivity index (χ2v) is 13.7. The standard InChI is InChI=1S/C31H26B2Cl8N2/c34-18-4-8-22(26(38)14-18)30(42,23-9-5-19(35)15-27(23)39)32-12-2-1-3-13-33-31(43,24-10-6-20(36)16-28(24)40)25-11-7-21(37)17-29(25)41/h4-11,14-17H,1-3,12-13,42-43H2. The molecule has 0 aliphatic carbocycles. The Kier molecular flexibility index (Phi) is 12.4. The third kappa shape index (κ3) is 8.35. The van der Waals surface area contributed by atoms with Crippen molar-refractivity contribution in [3.63, 3.8) is 0 Å². The van der Waals surface area contributed by atoms with Crippen LogP contribution in [0.4, 0.5) is 0 Å². The molecule has 0 heterocycles. The first-order valence-corrected chi connectivity index (χ1v) is 16.5. The van der Waals surface area contributed by atoms with Crippen LogP contribution in [0.3, 0.4) is 0 Å². The minimum Gasteiger partial charge on any atom is -0.325 e. The summed E-state index contributed by atoms with van der Waals surface area (Å²) in [4.78, 5) is 0. The van der Waals surface area contributed by atoms with Crippen molar-refractivity contribution in [3.05, 3.63) is 135 Å². The van der Waals surface area contributed by atoms with Crippen molar-refractivity contribution >= 4 is 107 Å². The number of nitrogens with two attached hydrogens (primary N) is 2. The van der Waals surface area contributed by atoms with E-state index < -0.39 is 10.9 Å². The number of unbranched alkanes of at least 4 members (excludes halogenated alkanes) is 2. The molecule has 12 heteroatoms. The smallest absolute Gasteiger partial charge is 0.149 e. The molecular formula is C31H26B2Cl8N2. The topological polar surface area (TPSA) is 52.0 Å². The van der Waals surface area contributed by atoms with E-state index in [2.05, 4.69) is 0 Å². The van der Waals surface area contributed by atoms with E-state index in [-0.39, 0.29) is 0 Å². The molecule has 2 radical (unpaired) electrons. The van der Waals surface area contributed by atoms with Crippen molar-refractivity contribution in [2.24, 2.45) is 11.5 Å². The summed E-state index contributed by atoms with van der Waals surface area (Å²) in [6.45, 7) is 0. The van der Waals surface area contributed by atoms with E-state index in [0.29, 0.717) is 75.1 Å². The van der Waals surface area contributed by atoms with Crippen LogP contribution in [0, 0.1) is 0 Å². The lowest BCUT2D eigenvalue weighted by Gasteiger charge is -2.33. The number of hydrogen-bond donors (Lipinski definition) is 2. The third-order valence-electron chi connectivity index (χ3n) is 7.35. The summed E-state index contributed by atoms with van der Waals surface area (Å²) in [7, 11) is 4.07. The van der Waals surface area contributed by atoms with E-state index in [1.165, 1.54) is 0 Å². The second-order valence-electron chi connectivity index (χ2n) is 10.3. The van der Waals surface area contributed by atoms with Crippen molar-refractivity contribution in [1.82, 2.24) is 0 Å². The molecule has 0 atom stereocenters. The van der Waals surface area contributed by atoms with Gasteiger partial charge in [-0.15, -0.1) is 0 Å². The van der Waals surface area contributed by atoms with Gasteiger partial charge in [0, 0.05) is 51.1 Å². The van der Waals surface area contributed by atoms with Gasteiger partial charge < -0.3 is 11.5 Å². The van der Waals surface area contributed by atoms with Gasteiger partial charge in [-0.1, -0.05) is 149 Å². The molecular weight excluding hydrogens is 706 g/mol. The van der Waals surface area contributed by atoms with Gasteiger partial charge in [0.2, 0.25) is 0 Å². The second kappa shape index (κ2) is 15.2. The van der Waals surface area contributed by atoms with Crippen molar-refractivity contribution in [2.75, 3.05) is 0 Å². The van der Waals surface area contributed by atoms with Gasteiger partial charge >= 0.3 is 0 Å². The van der Waals surface area contributed by atoms with Crippen LogP contribution in [-0.2, 0) is 10.9 Å². The van der Waals surface area contributed by atoms with Crippen LogP contribution >= 0.6 is 92.8 Å². The summed E-state index contributed by atoms with van der Waals surface area (Å²) in [5.41, 5.74) is 14.8. The quantitative estimate of drug-likeness (QED) is 0.113. The molecule has 4 aromatic carbocycles. The molecule has 222 valence electrons. The molecule has 0 spiro atoms. The Balaban J connectivity index is 1.45. The molecule has 0 unspecified atom stereocenters. The fourth-order valence-corrected chi connectivity index (χ4v) is 7.41. The van der Waals surface area contributed by atoms with Gasteiger partial charge in [0.1, 0.15) is 14.6 Å². The molecule has 0 saturated heterocycles. The van der Waals surface area contributed by atoms with Gasteiger partial charge in [-0.05, 0) is 70.8 Å². The van der Waals surface area contributed by atoms with Crippen LogP contribution in [0.2, 0.25) is 52.8 Å². The number of halogens is 8. The Morgan fingerprint density at radius 2 is 0.674 bits per heavy atom. The summed E-state index contributed by atoms with van der Waals surface area (Å²) >= 11 is 51.1. The van der Waals surface area contributed by atoms with E-state index >= 15 is 0 Å². The van der Waals surface area contributed by atoms with Crippen molar-refractivity contribution in [3.8, 4) is 0 Å². The highest BCUT2D eigenvalue weighted by atomic mass is 35.5. The molecule has 0 aromatic heterocycles. The predicted molar refractivity (Wildman–Crippen MR) is 191 cm³/mol. The SMILES string of the molecule is NC([B]CCCCC[B]C(N)(c1ccc(Cl)cc1Cl)c1ccc(Cl)cc1Cl)(c1ccc(Cl)cc1Cl)c1ccc(Cl)cc1Cl. The van der Waals surface area contributed by atoms with Crippen molar-refractivity contribution < 1.29 is 0 Å². The highest BCUT2D eigenvalue weighted by molar-refractivity contribution is 6.45. The molecule has 4 N–H and O–H groups in total. The molecule has 43 heavy (non-hydrogen) atoms. The van der Waals surface area contributed by atoms with Gasteiger partial charge in [-0.25, -0.2) is 0 Å². The molecule has 0 bridgehead atoms. The van der Waals surface area contributed by atoms with Gasteiger partial charge in [0.25, 0.3) is 0 Å². The lowest BCUT2D eigenvalue weighted by Crippen LogP contribution is -2.44. The van der Waals surface area contributed by atoms with Crippen LogP contribution in [0.25, 0.3) is 0 Å². The summed E-state index contributed by atoms with van der Waals surface area (Å²) in [5.74, 6) is 0. The first kappa shape index (κ1) is 35.1. The summed E-state index contributed by atoms with van der Waals surface area (Å²) in [6.07, 6.45) is 4.04. The maximum atomic E-state index is 7.04. The maximum Gasteiger partial charge on any atom is 0.149 e. The minimum atomic E-state index is -1.06. The lowest BCUT2D eigenvalue weighted by atomic mass is 9.49. The molecule has 0 aliphatic heterocycles. The zero-order valence-electron chi connectivity index (χ0n) is 22.8. The lowest BCUT2D eigenvalue weighted by molar-refractivity contribution is 0.711. The number of rotatable bonds is 12. The minimum absolute atomic E-state index is 0.452. The summed E-state index contributed by atoms with van der Waals surface area (Å²) in [5, 5.41) is 3.88. The van der Waals surface area contributed by atoms with Gasteiger partial charge in [-0.3, -0.25) is 0 Å². The highest BCUT2D eigenvalue weighted by Crippen LogP contribution is 2.40. The fraction of sp³-hybridized carbons (Fsp3) is 0.226. The van der Waals surface area contributed by atoms with Gasteiger partial charge in [0.05, 0.1) is 0 Å². The summed E-state index contributed by atoms with van der Waals surface area (Å²) < 4.78 is 0. The number of benzene rings is 4. The first-order chi connectivity index (χ1) is 20.3. The Bertz CT molecular complexity index is 1380. The van der Waals surface area contributed by atoms with Crippen LogP contribution in [-0.4, -0.2) is 14.6 Å². The largest absolute Gasteiger partial charge is 0.325 e. The van der Waals surface area contributed by atoms with Crippen LogP contribution < -0.4 is 11.5 Å². The maximum absolute atomic E-state index is 7.04. The Morgan fingerprint density at radius 3 is 0.907 bits per heavy atom. The molecule has 0 amide bonds. The predicted octanol–water partition coefficient (Wildman–Crippen LogP) is 11.3. The normalized spacial score (nSPS) is 12.0. The van der Waals surface area contributed by atoms with E-state index in [9.17, 15) is 0 Å². The Hall–Kier alpha value is -0.750. The fourth-order valence-electron chi connectivity index (χ4n) is 5.15. The zero-order valence-corrected chi connectivity index (χ0v) is 28.8. The van der Waals surface area contributed by atoms with Crippen molar-refractivity contribution in [1.29, 1.82) is 0 Å². The highest BCUT2D eigenvalue weighted by Gasteiger charge is 2.35. The molecule has 4 rings (SSSR count). The van der Waals surface area contributed by atoms with Crippen LogP contribution in [0.15, 0.2) is 72.8 Å². The van der Waals surface area contributed by atoms with E-state index in [4.69, 9.17) is 104 Å². The third-order valence-corrected chi connectivity index (χ3v) is 9.54. The first-order valence-electron chi connectivity index (χ1n) is 13.4. The average Bonchev–Trinajstić information content (AvgIpc) is 2.92. The Labute approximate surface area is 294 Å². The Morgan fingerprint density at radius 1 is 0.419 bits per heavy atom. The van der Waals surface area contributed by atoms with Crippen molar-refractivity contribution in [2.45, 2.75) is 42.8 Å². The molecule has 2 nitrogen and oxygen atoms in total. The van der Waals surface area contributed by atoms with E-state index in [1.54, 1.807) is 48.5 Å². The summed E-state index contributed by atoms with van der Waals surface area (Å²) in [6, 6.07) is 21.0. The molecule has 0 saturated carbocycles. The van der Waals surface area contributed by atoms with Crippen LogP contribution in [0.5, 0.6) is 0 Å². The molecule has 0 fully saturated rings. The van der Waals surface area contributed by atoms with Gasteiger partial charge in [0.15, 0.2) is 0 Å². The van der Waals surface area contributed by atoms with E-state index in [1.807, 2.05) is 38.8 Å². The van der Waals surface area contributed by atoms with Gasteiger partial charge in [-0.2, -0.15) is 0 Å². The molecule has 4 aromatic rings. The average molecular weight is 732 g/mol. The molecule has 0 aliphatic rings. The monoisotopic (exact) mass is 728 g/mol.